The maximum Gasteiger partial charge on any atom is 0.276 e. The summed E-state index contributed by atoms with van der Waals surface area (Å²) in [7, 11) is 2.06. The number of quaternary nitrogens is 1. The van der Waals surface area contributed by atoms with E-state index in [1.165, 1.54) is 10.6 Å². The van der Waals surface area contributed by atoms with Gasteiger partial charge in [0.05, 0.1) is 18.3 Å². The maximum atomic E-state index is 12.4. The Labute approximate surface area is 131 Å². The number of carbonyl (C=O) groups excluding carboxylic acids is 1. The molecule has 2 heterocycles. The molecule has 0 spiro atoms. The highest BCUT2D eigenvalue weighted by Crippen LogP contribution is 2.39. The van der Waals surface area contributed by atoms with E-state index < -0.39 is 5.54 Å². The number of carbonyl (C=O) groups is 1. The van der Waals surface area contributed by atoms with Crippen LogP contribution in [0.25, 0.3) is 0 Å². The first-order valence-corrected chi connectivity index (χ1v) is 8.21. The van der Waals surface area contributed by atoms with Gasteiger partial charge in [-0.25, -0.2) is 0 Å². The molecule has 2 N–H and O–H groups in total. The zero-order chi connectivity index (χ0) is 15.7. The summed E-state index contributed by atoms with van der Waals surface area (Å²) < 4.78 is 2.15. The van der Waals surface area contributed by atoms with Crippen molar-refractivity contribution in [2.45, 2.75) is 44.2 Å². The van der Waals surface area contributed by atoms with Crippen molar-refractivity contribution in [1.29, 1.82) is 5.26 Å². The van der Waals surface area contributed by atoms with E-state index in [0.717, 1.165) is 32.2 Å². The van der Waals surface area contributed by atoms with Crippen molar-refractivity contribution in [3.63, 3.8) is 0 Å². The van der Waals surface area contributed by atoms with Gasteiger partial charge < -0.3 is 14.8 Å². The predicted molar refractivity (Wildman–Crippen MR) is 83.0 cm³/mol. The van der Waals surface area contributed by atoms with E-state index in [2.05, 4.69) is 41.3 Å². The Morgan fingerprint density at radius 2 is 2.32 bits per heavy atom. The molecule has 1 saturated heterocycles. The molecule has 0 bridgehead atoms. The van der Waals surface area contributed by atoms with Crippen LogP contribution < -0.4 is 10.2 Å². The number of likely N-dealkylation sites (tertiary alicyclic amines) is 1. The lowest BCUT2D eigenvalue weighted by atomic mass is 9.98. The quantitative estimate of drug-likeness (QED) is 0.834. The molecule has 3 rings (SSSR count). The molecule has 5 heteroatoms. The van der Waals surface area contributed by atoms with Crippen molar-refractivity contribution >= 4 is 5.91 Å². The minimum Gasteiger partial charge on any atom is -0.350 e. The van der Waals surface area contributed by atoms with Gasteiger partial charge in [0, 0.05) is 26.1 Å². The van der Waals surface area contributed by atoms with E-state index in [0.29, 0.717) is 18.5 Å². The lowest BCUT2D eigenvalue weighted by Crippen LogP contribution is -3.11. The topological polar surface area (TPSA) is 62.3 Å². The van der Waals surface area contributed by atoms with Crippen LogP contribution in [0.4, 0.5) is 0 Å². The first-order valence-electron chi connectivity index (χ1n) is 8.21. The highest BCUT2D eigenvalue weighted by atomic mass is 16.2. The predicted octanol–water partition coefficient (Wildman–Crippen LogP) is 0.553. The summed E-state index contributed by atoms with van der Waals surface area (Å²) in [4.78, 5) is 13.7. The van der Waals surface area contributed by atoms with E-state index in [1.54, 1.807) is 0 Å². The van der Waals surface area contributed by atoms with Gasteiger partial charge in [0.1, 0.15) is 11.6 Å². The fraction of sp³-hybridized carbons (Fsp3) is 0.647. The number of aryl methyl sites for hydroxylation is 1. The average Bonchev–Trinajstić information content (AvgIpc) is 3.13. The smallest absolute Gasteiger partial charge is 0.276 e. The third-order valence-corrected chi connectivity index (χ3v) is 5.24. The number of nitrogens with zero attached hydrogens (tertiary/aromatic N) is 2. The Bertz CT molecular complexity index is 598. The van der Waals surface area contributed by atoms with Crippen LogP contribution in [0.1, 0.15) is 44.3 Å². The summed E-state index contributed by atoms with van der Waals surface area (Å²) in [6.45, 7) is 3.34. The summed E-state index contributed by atoms with van der Waals surface area (Å²) in [6.07, 6.45) is 6.43. The van der Waals surface area contributed by atoms with Crippen molar-refractivity contribution in [2.75, 3.05) is 13.1 Å². The van der Waals surface area contributed by atoms with E-state index in [9.17, 15) is 10.1 Å². The summed E-state index contributed by atoms with van der Waals surface area (Å²) in [5, 5.41) is 12.4. The van der Waals surface area contributed by atoms with Crippen LogP contribution in [0, 0.1) is 17.2 Å². The summed E-state index contributed by atoms with van der Waals surface area (Å²) >= 11 is 0. The Morgan fingerprint density at radius 1 is 1.55 bits per heavy atom. The fourth-order valence-corrected chi connectivity index (χ4v) is 3.74. The lowest BCUT2D eigenvalue weighted by Gasteiger charge is -2.26. The second-order valence-electron chi connectivity index (χ2n) is 6.96. The van der Waals surface area contributed by atoms with Crippen molar-refractivity contribution in [2.24, 2.45) is 13.0 Å². The number of hydrogen-bond donors (Lipinski definition) is 2. The number of nitriles is 1. The van der Waals surface area contributed by atoms with Gasteiger partial charge in [0.2, 0.25) is 0 Å². The van der Waals surface area contributed by atoms with Crippen LogP contribution in [0.15, 0.2) is 18.3 Å². The van der Waals surface area contributed by atoms with E-state index in [1.807, 2.05) is 6.92 Å². The molecule has 1 saturated carbocycles. The molecule has 0 radical (unpaired) electrons. The number of nitrogens with one attached hydrogen (secondary N) is 2. The van der Waals surface area contributed by atoms with Crippen molar-refractivity contribution in [3.05, 3.63) is 24.0 Å². The van der Waals surface area contributed by atoms with Gasteiger partial charge in [-0.15, -0.1) is 0 Å². The van der Waals surface area contributed by atoms with Crippen LogP contribution in [0.5, 0.6) is 0 Å². The van der Waals surface area contributed by atoms with Gasteiger partial charge in [-0.2, -0.15) is 5.26 Å². The Morgan fingerprint density at radius 3 is 2.91 bits per heavy atom. The standard InChI is InChI=1S/C17H24N4O/c1-17(12-18,13-7-8-13)19-16(22)11-21-10-4-6-15(21)14-5-3-9-20(14)2/h3,5,9,13,15H,4,6-8,10-11H2,1-2H3,(H,19,22)/p+1/t15-,17+/m1/s1. The second-order valence-corrected chi connectivity index (χ2v) is 6.96. The highest BCUT2D eigenvalue weighted by molar-refractivity contribution is 5.78. The molecule has 1 aromatic rings. The third-order valence-electron chi connectivity index (χ3n) is 5.24. The SMILES string of the molecule is Cn1cccc1[C@H]1CCC[NH+]1CC(=O)N[C@@](C)(C#N)C1CC1. The van der Waals surface area contributed by atoms with Gasteiger partial charge in [-0.05, 0) is 37.8 Å². The van der Waals surface area contributed by atoms with E-state index in [4.69, 9.17) is 0 Å². The molecule has 2 aliphatic rings. The number of hydrogen-bond acceptors (Lipinski definition) is 2. The van der Waals surface area contributed by atoms with Gasteiger partial charge in [-0.3, -0.25) is 4.79 Å². The van der Waals surface area contributed by atoms with E-state index >= 15 is 0 Å². The second kappa shape index (κ2) is 5.77. The fourth-order valence-electron chi connectivity index (χ4n) is 3.74. The molecule has 2 fully saturated rings. The Balaban J connectivity index is 1.63. The number of rotatable bonds is 5. The molecule has 22 heavy (non-hydrogen) atoms. The largest absolute Gasteiger partial charge is 0.350 e. The van der Waals surface area contributed by atoms with Crippen LogP contribution in [0.3, 0.4) is 0 Å². The lowest BCUT2D eigenvalue weighted by molar-refractivity contribution is -0.911. The summed E-state index contributed by atoms with van der Waals surface area (Å²) in [5.74, 6) is 0.339. The van der Waals surface area contributed by atoms with Crippen molar-refractivity contribution in [1.82, 2.24) is 9.88 Å². The molecule has 1 aliphatic carbocycles. The number of aromatic nitrogens is 1. The van der Waals surface area contributed by atoms with Crippen LogP contribution in [-0.2, 0) is 11.8 Å². The first-order chi connectivity index (χ1) is 10.5. The van der Waals surface area contributed by atoms with Gasteiger partial charge >= 0.3 is 0 Å². The molecule has 1 unspecified atom stereocenters. The van der Waals surface area contributed by atoms with Gasteiger partial charge in [0.15, 0.2) is 6.54 Å². The normalized spacial score (nSPS) is 27.1. The van der Waals surface area contributed by atoms with Crippen molar-refractivity contribution < 1.29 is 9.69 Å². The summed E-state index contributed by atoms with van der Waals surface area (Å²) in [5.41, 5.74) is 0.613. The Hall–Kier alpha value is -1.80. The first kappa shape index (κ1) is 15.1. The maximum absolute atomic E-state index is 12.4. The van der Waals surface area contributed by atoms with Gasteiger partial charge in [-0.1, -0.05) is 0 Å². The molecule has 1 aliphatic heterocycles. The minimum atomic E-state index is -0.684. The molecule has 1 aromatic heterocycles. The summed E-state index contributed by atoms with van der Waals surface area (Å²) in [6, 6.07) is 6.90. The molecule has 5 nitrogen and oxygen atoms in total. The average molecular weight is 301 g/mol. The zero-order valence-corrected chi connectivity index (χ0v) is 13.4. The molecule has 3 atom stereocenters. The highest BCUT2D eigenvalue weighted by Gasteiger charge is 2.44. The van der Waals surface area contributed by atoms with Crippen molar-refractivity contribution in [3.8, 4) is 6.07 Å². The van der Waals surface area contributed by atoms with Crippen LogP contribution >= 0.6 is 0 Å². The van der Waals surface area contributed by atoms with E-state index in [-0.39, 0.29) is 5.91 Å². The molecule has 0 aromatic carbocycles. The Kier molecular flexibility index (Phi) is 3.96. The molecular formula is C17H25N4O+. The monoisotopic (exact) mass is 301 g/mol. The number of amides is 1. The molecule has 118 valence electrons. The molecular weight excluding hydrogens is 276 g/mol. The molecule has 1 amide bonds. The van der Waals surface area contributed by atoms with Crippen LogP contribution in [0.2, 0.25) is 0 Å². The van der Waals surface area contributed by atoms with Gasteiger partial charge in [0.25, 0.3) is 5.91 Å². The minimum absolute atomic E-state index is 0.00654. The third kappa shape index (κ3) is 2.89. The van der Waals surface area contributed by atoms with Crippen LogP contribution in [-0.4, -0.2) is 29.1 Å². The zero-order valence-electron chi connectivity index (χ0n) is 13.4.